The fraction of sp³-hybridized carbons (Fsp3) is 0.0816. The monoisotopic (exact) mass is 1430 g/mol. The number of nitrogens with zero attached hydrogens (tertiary/aromatic N) is 8. The van der Waals surface area contributed by atoms with Gasteiger partial charge < -0.3 is 36.6 Å². The van der Waals surface area contributed by atoms with Crippen LogP contribution in [0.1, 0.15) is 45.2 Å². The van der Waals surface area contributed by atoms with E-state index in [-0.39, 0.29) is 0 Å². The minimum Gasteiger partial charge on any atom is -0.494 e. The van der Waals surface area contributed by atoms with Crippen LogP contribution in [0.2, 0.25) is 0 Å². The van der Waals surface area contributed by atoms with Crippen molar-refractivity contribution in [3.63, 3.8) is 0 Å². The second kappa shape index (κ2) is 30.8. The summed E-state index contributed by atoms with van der Waals surface area (Å²) in [5, 5.41) is 27.8. The number of ether oxygens (including phenoxy) is 2. The molecule has 0 spiro atoms. The Morgan fingerprint density at radius 3 is 0.864 bits per heavy atom. The van der Waals surface area contributed by atoms with E-state index in [9.17, 15) is 0 Å². The molecule has 0 saturated carbocycles. The van der Waals surface area contributed by atoms with Crippen LogP contribution in [0.4, 0.5) is 0 Å². The summed E-state index contributed by atoms with van der Waals surface area (Å²) in [6.07, 6.45) is 3.14. The lowest BCUT2D eigenvalue weighted by Crippen LogP contribution is -2.00. The zero-order chi connectivity index (χ0) is 74.4. The first-order valence-corrected chi connectivity index (χ1v) is 37.4. The summed E-state index contributed by atoms with van der Waals surface area (Å²) in [7, 11) is 0. The second-order valence-corrected chi connectivity index (χ2v) is 27.5. The first kappa shape index (κ1) is 69.0. The van der Waals surface area contributed by atoms with E-state index >= 15 is 0 Å². The minimum absolute atomic E-state index is 0.427. The van der Waals surface area contributed by atoms with Crippen LogP contribution in [0.3, 0.4) is 0 Å². The number of para-hydroxylation sites is 8. The van der Waals surface area contributed by atoms with Crippen LogP contribution in [-0.2, 0) is 6.61 Å². The average Bonchev–Trinajstić information content (AvgIpc) is 1.58. The number of aromatic nitrogens is 8. The summed E-state index contributed by atoms with van der Waals surface area (Å²) in [6, 6.07) is 117. The molecule has 0 atom stereocenters. The highest BCUT2D eigenvalue weighted by Crippen LogP contribution is 2.42. The molecule has 0 amide bonds. The molecule has 0 aliphatic rings. The standard InChI is InChI=1S/C45H30N4O2.C40H28N4O2.C8H8.C5H12/c1-2-13-30(14-3-1)29-50-35-16-12-15-31(27-35)44-46-47-45(51-44)32-25-33(48-40-21-8-4-17-36(40)37-18-5-9-22-41(37)48)28-34(26-32)49-42-23-10-6-19-38(42)39-20-7-11-24-43(39)49;1-2-45-30-13-11-12-26(24-30)39-41-42-40(46-39)27-22-28(43-35-18-7-3-14-31(35)32-15-4-8-19-36(32)43)25-29(23-27)44-37-20-9-5-16-33(37)34-17-6-10-21-38(34)44;1-2-8-6-4-3-5-7-8;1-4-5(2)3/h1-28H,29H2;3-25H,2H2,1H3;2-7H,1H2;5H,4H2,1-3H3. The van der Waals surface area contributed by atoms with Gasteiger partial charge in [-0.2, -0.15) is 0 Å². The van der Waals surface area contributed by atoms with Gasteiger partial charge in [-0.1, -0.05) is 258 Å². The quantitative estimate of drug-likeness (QED) is 0.0996. The van der Waals surface area contributed by atoms with Crippen LogP contribution in [0.5, 0.6) is 11.5 Å². The molecule has 6 heterocycles. The van der Waals surface area contributed by atoms with Crippen LogP contribution in [0.15, 0.2) is 355 Å². The van der Waals surface area contributed by atoms with E-state index in [4.69, 9.17) is 18.3 Å². The summed E-state index contributed by atoms with van der Waals surface area (Å²) in [4.78, 5) is 0. The Morgan fingerprint density at radius 1 is 0.309 bits per heavy atom. The third-order valence-corrected chi connectivity index (χ3v) is 20.1. The van der Waals surface area contributed by atoms with E-state index in [2.05, 4.69) is 309 Å². The molecule has 12 heteroatoms. The van der Waals surface area contributed by atoms with Crippen molar-refractivity contribution in [1.29, 1.82) is 0 Å². The van der Waals surface area contributed by atoms with Crippen molar-refractivity contribution in [2.24, 2.45) is 5.92 Å². The topological polar surface area (TPSA) is 116 Å². The first-order valence-electron chi connectivity index (χ1n) is 37.4. The lowest BCUT2D eigenvalue weighted by molar-refractivity contribution is 0.306. The molecule has 0 aliphatic heterocycles. The number of hydrogen-bond donors (Lipinski definition) is 0. The van der Waals surface area contributed by atoms with Gasteiger partial charge in [0.15, 0.2) is 0 Å². The molecular weight excluding hydrogens is 1350 g/mol. The van der Waals surface area contributed by atoms with E-state index < -0.39 is 0 Å². The third kappa shape index (κ3) is 13.6. The molecule has 534 valence electrons. The van der Waals surface area contributed by atoms with E-state index in [0.717, 1.165) is 112 Å². The van der Waals surface area contributed by atoms with Crippen LogP contribution < -0.4 is 9.47 Å². The zero-order valence-electron chi connectivity index (χ0n) is 61.5. The Balaban J connectivity index is 0.000000138. The van der Waals surface area contributed by atoms with Crippen LogP contribution >= 0.6 is 0 Å². The van der Waals surface area contributed by atoms with E-state index in [1.165, 1.54) is 55.1 Å². The van der Waals surface area contributed by atoms with Crippen molar-refractivity contribution >= 4 is 93.3 Å². The fourth-order valence-corrected chi connectivity index (χ4v) is 14.6. The number of benzene rings is 14. The highest BCUT2D eigenvalue weighted by molar-refractivity contribution is 6.13. The maximum absolute atomic E-state index is 6.47. The van der Waals surface area contributed by atoms with E-state index in [1.807, 2.05) is 110 Å². The zero-order valence-corrected chi connectivity index (χ0v) is 61.5. The summed E-state index contributed by atoms with van der Waals surface area (Å²) in [6.45, 7) is 13.3. The Morgan fingerprint density at radius 2 is 0.582 bits per heavy atom. The molecule has 0 fully saturated rings. The molecule has 12 nitrogen and oxygen atoms in total. The summed E-state index contributed by atoms with van der Waals surface area (Å²) in [5.74, 6) is 4.13. The van der Waals surface area contributed by atoms with Gasteiger partial charge in [0.2, 0.25) is 23.6 Å². The van der Waals surface area contributed by atoms with Gasteiger partial charge in [-0.15, -0.1) is 20.4 Å². The van der Waals surface area contributed by atoms with E-state index in [0.29, 0.717) is 36.8 Å². The largest absolute Gasteiger partial charge is 0.494 e. The summed E-state index contributed by atoms with van der Waals surface area (Å²) < 4.78 is 34.0. The average molecular weight is 1430 g/mol. The highest BCUT2D eigenvalue weighted by atomic mass is 16.5. The summed E-state index contributed by atoms with van der Waals surface area (Å²) >= 11 is 0. The predicted molar refractivity (Wildman–Crippen MR) is 451 cm³/mol. The number of fused-ring (bicyclic) bond motifs is 12. The van der Waals surface area contributed by atoms with Gasteiger partial charge in [0.25, 0.3) is 0 Å². The lowest BCUT2D eigenvalue weighted by atomic mass is 10.1. The van der Waals surface area contributed by atoms with Crippen molar-refractivity contribution in [3.8, 4) is 80.1 Å². The van der Waals surface area contributed by atoms with Gasteiger partial charge in [-0.3, -0.25) is 0 Å². The molecule has 0 unspecified atom stereocenters. The Bertz CT molecular complexity index is 6220. The molecule has 20 aromatic rings. The molecule has 14 aromatic carbocycles. The Labute approximate surface area is 637 Å². The molecule has 0 N–H and O–H groups in total. The van der Waals surface area contributed by atoms with Crippen molar-refractivity contribution in [1.82, 2.24) is 38.7 Å². The van der Waals surface area contributed by atoms with Crippen molar-refractivity contribution in [2.45, 2.75) is 40.7 Å². The number of rotatable bonds is 15. The van der Waals surface area contributed by atoms with Gasteiger partial charge in [0, 0.05) is 88.1 Å². The predicted octanol–water partition coefficient (Wildman–Crippen LogP) is 25.6. The summed E-state index contributed by atoms with van der Waals surface area (Å²) in [5.41, 5.74) is 18.6. The van der Waals surface area contributed by atoms with Gasteiger partial charge in [-0.25, -0.2) is 0 Å². The molecule has 0 radical (unpaired) electrons. The first-order chi connectivity index (χ1) is 54.2. The third-order valence-electron chi connectivity index (χ3n) is 20.1. The molecular formula is C98H78N8O4. The molecule has 110 heavy (non-hydrogen) atoms. The van der Waals surface area contributed by atoms with Crippen LogP contribution in [-0.4, -0.2) is 45.3 Å². The Kier molecular flexibility index (Phi) is 19.3. The minimum atomic E-state index is 0.427. The number of hydrogen-bond acceptors (Lipinski definition) is 8. The van der Waals surface area contributed by atoms with Crippen LogP contribution in [0, 0.1) is 5.92 Å². The maximum Gasteiger partial charge on any atom is 0.248 e. The molecule has 0 saturated heterocycles. The smallest absolute Gasteiger partial charge is 0.248 e. The molecule has 0 aliphatic carbocycles. The SMILES string of the molecule is C=Cc1ccccc1.CCC(C)C.CCOc1cccc(-c2nnc(-c3cc(-n4c5ccccc5c5ccccc54)cc(-n4c5ccccc5c5ccccc54)c3)o2)c1.c1ccc(COc2cccc(-c3nnc(-c4cc(-n5c6ccccc6c6ccccc65)cc(-n5c6ccccc6c6ccccc65)c4)o3)c2)cc1. The van der Waals surface area contributed by atoms with Crippen molar-refractivity contribution < 1.29 is 18.3 Å². The fourth-order valence-electron chi connectivity index (χ4n) is 14.6. The highest BCUT2D eigenvalue weighted by Gasteiger charge is 2.23. The van der Waals surface area contributed by atoms with Crippen molar-refractivity contribution in [2.75, 3.05) is 6.61 Å². The molecule has 6 aromatic heterocycles. The van der Waals surface area contributed by atoms with Crippen molar-refractivity contribution in [3.05, 3.63) is 357 Å². The molecule has 0 bridgehead atoms. The molecule has 20 rings (SSSR count). The van der Waals surface area contributed by atoms with Gasteiger partial charge in [0.05, 0.1) is 50.7 Å². The lowest BCUT2D eigenvalue weighted by Gasteiger charge is -2.14. The van der Waals surface area contributed by atoms with E-state index in [1.54, 1.807) is 0 Å². The van der Waals surface area contributed by atoms with Gasteiger partial charge in [-0.05, 0) is 145 Å². The Hall–Kier alpha value is -14.1. The second-order valence-electron chi connectivity index (χ2n) is 27.5. The maximum atomic E-state index is 6.47. The van der Waals surface area contributed by atoms with Gasteiger partial charge in [0.1, 0.15) is 18.1 Å². The van der Waals surface area contributed by atoms with Crippen LogP contribution in [0.25, 0.3) is 162 Å². The van der Waals surface area contributed by atoms with Gasteiger partial charge >= 0.3 is 0 Å². The normalized spacial score (nSPS) is 11.3.